The van der Waals surface area contributed by atoms with Gasteiger partial charge in [0.1, 0.15) is 6.54 Å². The first kappa shape index (κ1) is 17.0. The highest BCUT2D eigenvalue weighted by Gasteiger charge is 2.29. The molecule has 120 valence electrons. The second-order valence-electron chi connectivity index (χ2n) is 5.35. The number of halogens is 1. The summed E-state index contributed by atoms with van der Waals surface area (Å²) in [6.45, 7) is 0.576. The van der Waals surface area contributed by atoms with Crippen molar-refractivity contribution < 1.29 is 14.5 Å². The molecule has 0 bridgehead atoms. The van der Waals surface area contributed by atoms with Crippen molar-refractivity contribution in [3.8, 4) is 0 Å². The highest BCUT2D eigenvalue weighted by molar-refractivity contribution is 6.30. The minimum Gasteiger partial charge on any atom is -0.351 e. The van der Waals surface area contributed by atoms with Gasteiger partial charge in [-0.25, -0.2) is 4.79 Å². The molecule has 0 heterocycles. The monoisotopic (exact) mass is 332 g/mol. The van der Waals surface area contributed by atoms with Crippen LogP contribution in [0.15, 0.2) is 54.6 Å². The van der Waals surface area contributed by atoms with Crippen LogP contribution in [0.5, 0.6) is 0 Å². The number of urea groups is 1. The average molecular weight is 333 g/mol. The van der Waals surface area contributed by atoms with Gasteiger partial charge in [-0.2, -0.15) is 0 Å². The fourth-order valence-electron chi connectivity index (χ4n) is 2.57. The molecule has 0 spiro atoms. The minimum absolute atomic E-state index is 0.428. The molecular formula is C17H19ClN3O2+. The Labute approximate surface area is 140 Å². The van der Waals surface area contributed by atoms with Gasteiger partial charge in [0, 0.05) is 16.1 Å². The lowest BCUT2D eigenvalue weighted by atomic mass is 10.0. The van der Waals surface area contributed by atoms with Crippen molar-refractivity contribution in [3.63, 3.8) is 0 Å². The van der Waals surface area contributed by atoms with Gasteiger partial charge in [-0.15, -0.1) is 0 Å². The second-order valence-corrected chi connectivity index (χ2v) is 5.79. The summed E-state index contributed by atoms with van der Waals surface area (Å²) in [5, 5.41) is 2.82. The number of primary amides is 1. The number of hydrogen-bond donors (Lipinski definition) is 3. The van der Waals surface area contributed by atoms with Crippen molar-refractivity contribution in [2.45, 2.75) is 12.6 Å². The quantitative estimate of drug-likeness (QED) is 0.771. The standard InChI is InChI=1S/C17H18ClN3O2/c1-21(11-12-6-5-9-14(18)10-12)15(16(22)20-17(19)23)13-7-3-2-4-8-13/h2-10,15H,11H2,1H3,(H3,19,20,22,23)/p+1/t15-/m0/s1. The van der Waals surface area contributed by atoms with E-state index in [4.69, 9.17) is 17.3 Å². The van der Waals surface area contributed by atoms with Crippen molar-refractivity contribution in [3.05, 3.63) is 70.7 Å². The predicted octanol–water partition coefficient (Wildman–Crippen LogP) is 1.29. The Morgan fingerprint density at radius 3 is 2.48 bits per heavy atom. The Kier molecular flexibility index (Phi) is 5.73. The molecule has 23 heavy (non-hydrogen) atoms. The predicted molar refractivity (Wildman–Crippen MR) is 89.0 cm³/mol. The molecule has 0 saturated carbocycles. The number of imide groups is 1. The van der Waals surface area contributed by atoms with E-state index in [0.717, 1.165) is 16.0 Å². The molecular weight excluding hydrogens is 314 g/mol. The number of carbonyl (C=O) groups excluding carboxylic acids is 2. The van der Waals surface area contributed by atoms with Crippen molar-refractivity contribution in [2.24, 2.45) is 5.73 Å². The maximum atomic E-state index is 12.4. The second kappa shape index (κ2) is 7.76. The van der Waals surface area contributed by atoms with Crippen molar-refractivity contribution in [1.82, 2.24) is 5.32 Å². The van der Waals surface area contributed by atoms with Crippen molar-refractivity contribution in [1.29, 1.82) is 0 Å². The Bertz CT molecular complexity index is 691. The van der Waals surface area contributed by atoms with Crippen LogP contribution in [0.2, 0.25) is 5.02 Å². The number of rotatable bonds is 5. The van der Waals surface area contributed by atoms with Gasteiger partial charge in [0.25, 0.3) is 5.91 Å². The van der Waals surface area contributed by atoms with Crippen molar-refractivity contribution >= 4 is 23.5 Å². The Morgan fingerprint density at radius 2 is 1.87 bits per heavy atom. The van der Waals surface area contributed by atoms with Crippen LogP contribution < -0.4 is 16.0 Å². The molecule has 0 saturated heterocycles. The molecule has 2 aromatic rings. The smallest absolute Gasteiger partial charge is 0.319 e. The van der Waals surface area contributed by atoms with E-state index in [1.165, 1.54) is 0 Å². The zero-order valence-electron chi connectivity index (χ0n) is 12.8. The third-order valence-electron chi connectivity index (χ3n) is 3.51. The Balaban J connectivity index is 2.25. The molecule has 0 aliphatic carbocycles. The Hall–Kier alpha value is -2.37. The van der Waals surface area contributed by atoms with Gasteiger partial charge in [0.2, 0.25) is 0 Å². The van der Waals surface area contributed by atoms with E-state index in [1.807, 2.05) is 55.6 Å². The molecule has 1 unspecified atom stereocenters. The van der Waals surface area contributed by atoms with Crippen LogP contribution in [0.3, 0.4) is 0 Å². The minimum atomic E-state index is -0.855. The largest absolute Gasteiger partial charge is 0.351 e. The number of quaternary nitrogens is 1. The van der Waals surface area contributed by atoms with Gasteiger partial charge < -0.3 is 10.6 Å². The highest BCUT2D eigenvalue weighted by atomic mass is 35.5. The first-order chi connectivity index (χ1) is 11.0. The molecule has 0 aromatic heterocycles. The van der Waals surface area contributed by atoms with Gasteiger partial charge in [0.05, 0.1) is 7.05 Å². The summed E-state index contributed by atoms with van der Waals surface area (Å²) >= 11 is 6.01. The summed E-state index contributed by atoms with van der Waals surface area (Å²) in [6, 6.07) is 15.4. The molecule has 6 heteroatoms. The van der Waals surface area contributed by atoms with E-state index in [-0.39, 0.29) is 0 Å². The molecule has 2 aromatic carbocycles. The van der Waals surface area contributed by atoms with Crippen LogP contribution in [-0.2, 0) is 11.3 Å². The van der Waals surface area contributed by atoms with Crippen LogP contribution in [0.25, 0.3) is 0 Å². The summed E-state index contributed by atoms with van der Waals surface area (Å²) < 4.78 is 0. The topological polar surface area (TPSA) is 76.6 Å². The molecule has 4 N–H and O–H groups in total. The number of benzene rings is 2. The van der Waals surface area contributed by atoms with Gasteiger partial charge >= 0.3 is 6.03 Å². The fourth-order valence-corrected chi connectivity index (χ4v) is 2.78. The van der Waals surface area contributed by atoms with Crippen LogP contribution in [0.4, 0.5) is 4.79 Å². The lowest BCUT2D eigenvalue weighted by Crippen LogP contribution is -3.09. The van der Waals surface area contributed by atoms with Crippen molar-refractivity contribution in [2.75, 3.05) is 7.05 Å². The van der Waals surface area contributed by atoms with Gasteiger partial charge in [-0.1, -0.05) is 54.1 Å². The van der Waals surface area contributed by atoms with Gasteiger partial charge in [0.15, 0.2) is 6.04 Å². The number of hydrogen-bond acceptors (Lipinski definition) is 2. The first-order valence-corrected chi connectivity index (χ1v) is 7.57. The molecule has 2 rings (SSSR count). The summed E-state index contributed by atoms with van der Waals surface area (Å²) in [4.78, 5) is 24.3. The summed E-state index contributed by atoms with van der Waals surface area (Å²) in [6.07, 6.45) is 0. The molecule has 0 aliphatic rings. The zero-order valence-corrected chi connectivity index (χ0v) is 13.5. The van der Waals surface area contributed by atoms with E-state index >= 15 is 0 Å². The van der Waals surface area contributed by atoms with E-state index in [1.54, 1.807) is 6.07 Å². The molecule has 5 nitrogen and oxygen atoms in total. The maximum Gasteiger partial charge on any atom is 0.319 e. The lowest BCUT2D eigenvalue weighted by Gasteiger charge is -2.24. The summed E-state index contributed by atoms with van der Waals surface area (Å²) in [5.41, 5.74) is 6.90. The average Bonchev–Trinajstić information content (AvgIpc) is 2.47. The molecule has 0 fully saturated rings. The van der Waals surface area contributed by atoms with E-state index in [9.17, 15) is 9.59 Å². The number of nitrogens with one attached hydrogen (secondary N) is 2. The zero-order chi connectivity index (χ0) is 16.8. The third kappa shape index (κ3) is 4.81. The SMILES string of the molecule is C[NH+](Cc1cccc(Cl)c1)[C@H](C(=O)NC(N)=O)c1ccccc1. The first-order valence-electron chi connectivity index (χ1n) is 7.19. The van der Waals surface area contributed by atoms with Gasteiger partial charge in [-0.3, -0.25) is 10.1 Å². The number of likely N-dealkylation sites (N-methyl/N-ethyl adjacent to an activating group) is 1. The number of carbonyl (C=O) groups is 2. The van der Waals surface area contributed by atoms with E-state index in [2.05, 4.69) is 5.32 Å². The molecule has 2 atom stereocenters. The van der Waals surface area contributed by atoms with Crippen LogP contribution in [0, 0.1) is 0 Å². The Morgan fingerprint density at radius 1 is 1.17 bits per heavy atom. The number of amides is 3. The maximum absolute atomic E-state index is 12.4. The fraction of sp³-hybridized carbons (Fsp3) is 0.176. The van der Waals surface area contributed by atoms with E-state index in [0.29, 0.717) is 11.6 Å². The molecule has 3 amide bonds. The highest BCUT2D eigenvalue weighted by Crippen LogP contribution is 2.12. The van der Waals surface area contributed by atoms with Crippen LogP contribution in [0.1, 0.15) is 17.2 Å². The van der Waals surface area contributed by atoms with E-state index < -0.39 is 18.0 Å². The van der Waals surface area contributed by atoms with Gasteiger partial charge in [-0.05, 0) is 12.1 Å². The van der Waals surface area contributed by atoms with Crippen LogP contribution >= 0.6 is 11.6 Å². The summed E-state index contributed by atoms with van der Waals surface area (Å²) in [5.74, 6) is -0.428. The summed E-state index contributed by atoms with van der Waals surface area (Å²) in [7, 11) is 1.89. The lowest BCUT2D eigenvalue weighted by molar-refractivity contribution is -0.916. The number of nitrogens with two attached hydrogens (primary N) is 1. The third-order valence-corrected chi connectivity index (χ3v) is 3.74. The van der Waals surface area contributed by atoms with Crippen LogP contribution in [-0.4, -0.2) is 19.0 Å². The normalized spacial score (nSPS) is 13.1. The molecule has 0 radical (unpaired) electrons. The molecule has 0 aliphatic heterocycles.